The molecule has 1 aliphatic heterocycles. The van der Waals surface area contributed by atoms with E-state index in [2.05, 4.69) is 4.90 Å². The SMILES string of the molecule is CN1CCC(=O)CC1.O=[N+]([O-])O. The van der Waals surface area contributed by atoms with Crippen LogP contribution >= 0.6 is 0 Å². The van der Waals surface area contributed by atoms with E-state index in [1.807, 2.05) is 7.05 Å². The van der Waals surface area contributed by atoms with Crippen molar-refractivity contribution in [2.24, 2.45) is 0 Å². The fraction of sp³-hybridized carbons (Fsp3) is 0.833. The first-order chi connectivity index (χ1) is 5.52. The molecule has 1 N–H and O–H groups in total. The van der Waals surface area contributed by atoms with Crippen LogP contribution in [-0.4, -0.2) is 41.1 Å². The highest BCUT2D eigenvalue weighted by Crippen LogP contribution is 2.01. The van der Waals surface area contributed by atoms with Crippen LogP contribution in [0.4, 0.5) is 0 Å². The van der Waals surface area contributed by atoms with Gasteiger partial charge < -0.3 is 10.1 Å². The molecule has 0 aromatic heterocycles. The van der Waals surface area contributed by atoms with Crippen LogP contribution in [0.15, 0.2) is 0 Å². The minimum atomic E-state index is -1.50. The Hall–Kier alpha value is -1.17. The number of hydrogen-bond donors (Lipinski definition) is 1. The predicted octanol–water partition coefficient (Wildman–Crippen LogP) is -0.0666. The van der Waals surface area contributed by atoms with E-state index in [1.165, 1.54) is 0 Å². The monoisotopic (exact) mass is 176 g/mol. The van der Waals surface area contributed by atoms with Gasteiger partial charge in [0.1, 0.15) is 5.78 Å². The Bertz CT molecular complexity index is 157. The zero-order valence-electron chi connectivity index (χ0n) is 6.89. The van der Waals surface area contributed by atoms with E-state index in [1.54, 1.807) is 0 Å². The van der Waals surface area contributed by atoms with Gasteiger partial charge in [-0.2, -0.15) is 0 Å². The molecule has 1 heterocycles. The molecule has 0 aliphatic carbocycles. The van der Waals surface area contributed by atoms with Gasteiger partial charge in [0.05, 0.1) is 0 Å². The largest absolute Gasteiger partial charge is 0.328 e. The van der Waals surface area contributed by atoms with Crippen LogP contribution in [-0.2, 0) is 4.79 Å². The van der Waals surface area contributed by atoms with E-state index >= 15 is 0 Å². The Labute approximate surface area is 69.9 Å². The molecule has 1 rings (SSSR count). The number of hydrogen-bond acceptors (Lipinski definition) is 4. The summed E-state index contributed by atoms with van der Waals surface area (Å²) in [6, 6.07) is 0. The molecule has 0 spiro atoms. The van der Waals surface area contributed by atoms with Gasteiger partial charge >= 0.3 is 0 Å². The van der Waals surface area contributed by atoms with E-state index in [4.69, 9.17) is 15.3 Å². The van der Waals surface area contributed by atoms with Crippen molar-refractivity contribution in [2.75, 3.05) is 20.1 Å². The molecule has 1 fully saturated rings. The molecule has 0 unspecified atom stereocenters. The second-order valence-electron chi connectivity index (χ2n) is 2.58. The van der Waals surface area contributed by atoms with Crippen LogP contribution in [0.1, 0.15) is 12.8 Å². The first-order valence-corrected chi connectivity index (χ1v) is 3.56. The van der Waals surface area contributed by atoms with E-state index in [9.17, 15) is 4.79 Å². The number of carbonyl (C=O) groups excluding carboxylic acids is 1. The Morgan fingerprint density at radius 1 is 1.50 bits per heavy atom. The summed E-state index contributed by atoms with van der Waals surface area (Å²) in [5.74, 6) is 0.420. The van der Waals surface area contributed by atoms with Crippen molar-refractivity contribution in [1.82, 2.24) is 4.90 Å². The maximum Gasteiger partial charge on any atom is 0.291 e. The highest BCUT2D eigenvalue weighted by Gasteiger charge is 2.10. The molecule has 0 bridgehead atoms. The molecule has 6 heteroatoms. The fourth-order valence-corrected chi connectivity index (χ4v) is 0.868. The average Bonchev–Trinajstić information content (AvgIpc) is 1.94. The number of rotatable bonds is 0. The third kappa shape index (κ3) is 6.94. The predicted molar refractivity (Wildman–Crippen MR) is 40.5 cm³/mol. The zero-order chi connectivity index (χ0) is 9.56. The first kappa shape index (κ1) is 10.8. The standard InChI is InChI=1S/C6H11NO.HNO3/c1-7-4-2-6(8)3-5-7;2-1(3)4/h2-5H2,1H3;(H,2,3,4). The number of nitrogens with zero attached hydrogens (tertiary/aromatic N) is 2. The second-order valence-corrected chi connectivity index (χ2v) is 2.58. The summed E-state index contributed by atoms with van der Waals surface area (Å²) in [6.45, 7) is 1.91. The van der Waals surface area contributed by atoms with E-state index in [0.29, 0.717) is 5.78 Å². The Morgan fingerprint density at radius 3 is 2.08 bits per heavy atom. The minimum absolute atomic E-state index is 0.420. The van der Waals surface area contributed by atoms with Gasteiger partial charge in [-0.1, -0.05) is 0 Å². The van der Waals surface area contributed by atoms with Gasteiger partial charge in [-0.25, -0.2) is 0 Å². The lowest BCUT2D eigenvalue weighted by atomic mass is 10.1. The molecule has 0 amide bonds. The maximum atomic E-state index is 10.6. The Balaban J connectivity index is 0.000000261. The zero-order valence-corrected chi connectivity index (χ0v) is 6.89. The molecule has 1 aliphatic rings. The van der Waals surface area contributed by atoms with Crippen LogP contribution in [0.3, 0.4) is 0 Å². The number of carbonyl (C=O) groups is 1. The van der Waals surface area contributed by atoms with Gasteiger partial charge in [-0.15, -0.1) is 10.1 Å². The van der Waals surface area contributed by atoms with Crippen molar-refractivity contribution in [3.05, 3.63) is 10.1 Å². The van der Waals surface area contributed by atoms with Crippen LogP contribution < -0.4 is 0 Å². The smallest absolute Gasteiger partial charge is 0.291 e. The van der Waals surface area contributed by atoms with Crippen molar-refractivity contribution in [1.29, 1.82) is 0 Å². The van der Waals surface area contributed by atoms with Crippen LogP contribution in [0, 0.1) is 10.1 Å². The van der Waals surface area contributed by atoms with E-state index < -0.39 is 5.09 Å². The van der Waals surface area contributed by atoms with Gasteiger partial charge in [0, 0.05) is 25.9 Å². The third-order valence-electron chi connectivity index (χ3n) is 1.54. The summed E-state index contributed by atoms with van der Waals surface area (Å²) in [4.78, 5) is 21.1. The van der Waals surface area contributed by atoms with E-state index in [-0.39, 0.29) is 0 Å². The summed E-state index contributed by atoms with van der Waals surface area (Å²) < 4.78 is 0. The molecule has 0 aromatic carbocycles. The van der Waals surface area contributed by atoms with Crippen molar-refractivity contribution in [2.45, 2.75) is 12.8 Å². The molecule has 12 heavy (non-hydrogen) atoms. The fourth-order valence-electron chi connectivity index (χ4n) is 0.868. The molecular weight excluding hydrogens is 164 g/mol. The number of piperidine rings is 1. The molecule has 70 valence electrons. The Kier molecular flexibility index (Phi) is 4.94. The summed E-state index contributed by atoms with van der Waals surface area (Å²) in [6.07, 6.45) is 1.52. The molecule has 0 aromatic rings. The molecule has 0 saturated carbocycles. The maximum absolute atomic E-state index is 10.6. The number of ketones is 1. The van der Waals surface area contributed by atoms with Crippen molar-refractivity contribution in [3.63, 3.8) is 0 Å². The van der Waals surface area contributed by atoms with Crippen LogP contribution in [0.5, 0.6) is 0 Å². The minimum Gasteiger partial charge on any atom is -0.328 e. The topological polar surface area (TPSA) is 83.7 Å². The molecule has 6 nitrogen and oxygen atoms in total. The Morgan fingerprint density at radius 2 is 1.83 bits per heavy atom. The second kappa shape index (κ2) is 5.48. The first-order valence-electron chi connectivity index (χ1n) is 3.56. The van der Waals surface area contributed by atoms with E-state index in [0.717, 1.165) is 25.9 Å². The lowest BCUT2D eigenvalue weighted by molar-refractivity contribution is -0.742. The summed E-state index contributed by atoms with van der Waals surface area (Å²) in [7, 11) is 2.05. The van der Waals surface area contributed by atoms with Gasteiger partial charge in [-0.3, -0.25) is 4.79 Å². The summed E-state index contributed by atoms with van der Waals surface area (Å²) in [5.41, 5.74) is 0. The highest BCUT2D eigenvalue weighted by atomic mass is 16.9. The van der Waals surface area contributed by atoms with Crippen LogP contribution in [0.25, 0.3) is 0 Å². The normalized spacial score (nSPS) is 17.9. The molecule has 1 saturated heterocycles. The van der Waals surface area contributed by atoms with Gasteiger partial charge in [-0.05, 0) is 7.05 Å². The van der Waals surface area contributed by atoms with Gasteiger partial charge in [0.25, 0.3) is 5.09 Å². The van der Waals surface area contributed by atoms with Crippen LogP contribution in [0.2, 0.25) is 0 Å². The third-order valence-corrected chi connectivity index (χ3v) is 1.54. The quantitative estimate of drug-likeness (QED) is 0.412. The van der Waals surface area contributed by atoms with Crippen molar-refractivity contribution in [3.8, 4) is 0 Å². The number of Topliss-reactive ketones (excluding diaryl/α,β-unsaturated/α-hetero) is 1. The van der Waals surface area contributed by atoms with Crippen molar-refractivity contribution < 1.29 is 15.1 Å². The summed E-state index contributed by atoms with van der Waals surface area (Å²) >= 11 is 0. The molecule has 0 atom stereocenters. The summed E-state index contributed by atoms with van der Waals surface area (Å²) in [5, 5.41) is 13.6. The lowest BCUT2D eigenvalue weighted by Crippen LogP contribution is -2.29. The molecule has 0 radical (unpaired) electrons. The number of likely N-dealkylation sites (tertiary alicyclic amines) is 1. The molecular formula is C6H12N2O4. The average molecular weight is 176 g/mol. The van der Waals surface area contributed by atoms with Crippen molar-refractivity contribution >= 4 is 5.78 Å². The lowest BCUT2D eigenvalue weighted by Gasteiger charge is -2.19. The highest BCUT2D eigenvalue weighted by molar-refractivity contribution is 5.79. The van der Waals surface area contributed by atoms with Gasteiger partial charge in [0.15, 0.2) is 0 Å². The van der Waals surface area contributed by atoms with Gasteiger partial charge in [0.2, 0.25) is 0 Å².